The summed E-state index contributed by atoms with van der Waals surface area (Å²) in [6.07, 6.45) is -0.705. The first-order valence-corrected chi connectivity index (χ1v) is 9.40. The molecule has 2 aromatic carbocycles. The van der Waals surface area contributed by atoms with E-state index in [9.17, 15) is 9.59 Å². The maximum absolute atomic E-state index is 12.5. The average Bonchev–Trinajstić information content (AvgIpc) is 2.67. The molecule has 0 radical (unpaired) electrons. The van der Waals surface area contributed by atoms with Crippen LogP contribution in [0.2, 0.25) is 0 Å². The highest BCUT2D eigenvalue weighted by molar-refractivity contribution is 5.85. The van der Waals surface area contributed by atoms with E-state index in [2.05, 4.69) is 10.8 Å². The molecule has 0 aromatic heterocycles. The molecule has 2 N–H and O–H groups in total. The number of rotatable bonds is 9. The lowest BCUT2D eigenvalue weighted by molar-refractivity contribution is -0.138. The SMILES string of the molecule is CC(C)(C)OC(=O)N[C@@H](COCc1ccccc1)C(=O)NOCc1ccccc1. The van der Waals surface area contributed by atoms with Crippen LogP contribution in [0.15, 0.2) is 60.7 Å². The van der Waals surface area contributed by atoms with Crippen molar-refractivity contribution < 1.29 is 23.9 Å². The predicted molar refractivity (Wildman–Crippen MR) is 109 cm³/mol. The highest BCUT2D eigenvalue weighted by atomic mass is 16.7. The molecule has 29 heavy (non-hydrogen) atoms. The molecule has 0 aliphatic rings. The van der Waals surface area contributed by atoms with Crippen molar-refractivity contribution in [2.75, 3.05) is 6.61 Å². The standard InChI is InChI=1S/C22H28N2O5/c1-22(2,3)29-21(26)23-19(16-27-14-17-10-6-4-7-11-17)20(25)24-28-15-18-12-8-5-9-13-18/h4-13,19H,14-16H2,1-3H3,(H,23,26)(H,24,25)/t19-/m0/s1. The van der Waals surface area contributed by atoms with Crippen molar-refractivity contribution in [1.29, 1.82) is 0 Å². The smallest absolute Gasteiger partial charge is 0.408 e. The van der Waals surface area contributed by atoms with Gasteiger partial charge >= 0.3 is 6.09 Å². The van der Waals surface area contributed by atoms with E-state index in [1.807, 2.05) is 60.7 Å². The Morgan fingerprint density at radius 2 is 1.45 bits per heavy atom. The van der Waals surface area contributed by atoms with Gasteiger partial charge in [-0.05, 0) is 31.9 Å². The molecule has 7 nitrogen and oxygen atoms in total. The number of hydrogen-bond acceptors (Lipinski definition) is 5. The number of ether oxygens (including phenoxy) is 2. The first-order valence-electron chi connectivity index (χ1n) is 9.40. The number of hydroxylamine groups is 1. The van der Waals surface area contributed by atoms with E-state index in [1.54, 1.807) is 20.8 Å². The van der Waals surface area contributed by atoms with Crippen LogP contribution in [0.4, 0.5) is 4.79 Å². The zero-order valence-electron chi connectivity index (χ0n) is 17.0. The molecule has 7 heteroatoms. The summed E-state index contributed by atoms with van der Waals surface area (Å²) in [5.74, 6) is -0.528. The van der Waals surface area contributed by atoms with Gasteiger partial charge in [0.15, 0.2) is 0 Å². The van der Waals surface area contributed by atoms with Gasteiger partial charge in [0.05, 0.1) is 19.8 Å². The minimum absolute atomic E-state index is 0.0331. The van der Waals surface area contributed by atoms with Crippen molar-refractivity contribution in [2.45, 2.75) is 45.6 Å². The summed E-state index contributed by atoms with van der Waals surface area (Å²) in [6.45, 7) is 5.72. The first kappa shape index (κ1) is 22.4. The number of benzene rings is 2. The molecule has 0 heterocycles. The molecule has 0 saturated heterocycles. The Kier molecular flexibility index (Phi) is 8.64. The summed E-state index contributed by atoms with van der Waals surface area (Å²) in [7, 11) is 0. The van der Waals surface area contributed by atoms with Gasteiger partial charge in [-0.3, -0.25) is 9.63 Å². The molecule has 0 aliphatic carbocycles. The van der Waals surface area contributed by atoms with Gasteiger partial charge in [0.25, 0.3) is 5.91 Å². The fraction of sp³-hybridized carbons (Fsp3) is 0.364. The summed E-state index contributed by atoms with van der Waals surface area (Å²) in [6, 6.07) is 18.0. The summed E-state index contributed by atoms with van der Waals surface area (Å²) in [4.78, 5) is 29.8. The Balaban J connectivity index is 1.88. The molecule has 2 amide bonds. The van der Waals surface area contributed by atoms with Crippen LogP contribution in [-0.2, 0) is 32.3 Å². The van der Waals surface area contributed by atoms with Crippen LogP contribution in [0, 0.1) is 0 Å². The third-order valence-corrected chi connectivity index (χ3v) is 3.66. The summed E-state index contributed by atoms with van der Waals surface area (Å²) < 4.78 is 10.8. The number of hydrogen-bond donors (Lipinski definition) is 2. The van der Waals surface area contributed by atoms with E-state index >= 15 is 0 Å². The van der Waals surface area contributed by atoms with Crippen LogP contribution in [0.25, 0.3) is 0 Å². The van der Waals surface area contributed by atoms with Crippen LogP contribution >= 0.6 is 0 Å². The van der Waals surface area contributed by atoms with Crippen LogP contribution in [0.3, 0.4) is 0 Å². The maximum atomic E-state index is 12.5. The van der Waals surface area contributed by atoms with Gasteiger partial charge in [0.2, 0.25) is 0 Å². The molecular weight excluding hydrogens is 372 g/mol. The second-order valence-corrected chi connectivity index (χ2v) is 7.44. The zero-order valence-corrected chi connectivity index (χ0v) is 17.0. The topological polar surface area (TPSA) is 85.9 Å². The number of amides is 2. The highest BCUT2D eigenvalue weighted by Gasteiger charge is 2.25. The van der Waals surface area contributed by atoms with E-state index in [0.29, 0.717) is 6.61 Å². The van der Waals surface area contributed by atoms with Gasteiger partial charge in [0.1, 0.15) is 11.6 Å². The second kappa shape index (κ2) is 11.2. The van der Waals surface area contributed by atoms with Crippen molar-refractivity contribution in [2.24, 2.45) is 0 Å². The molecule has 1 atom stereocenters. The van der Waals surface area contributed by atoms with Crippen LogP contribution in [0.5, 0.6) is 0 Å². The van der Waals surface area contributed by atoms with E-state index < -0.39 is 23.6 Å². The Hall–Kier alpha value is -2.90. The third kappa shape index (κ3) is 9.23. The van der Waals surface area contributed by atoms with Crippen LogP contribution in [-0.4, -0.2) is 30.3 Å². The van der Waals surface area contributed by atoms with Crippen LogP contribution < -0.4 is 10.8 Å². The number of carbonyl (C=O) groups is 2. The number of alkyl carbamates (subject to hydrolysis) is 1. The Morgan fingerprint density at radius 3 is 2.00 bits per heavy atom. The molecule has 0 bridgehead atoms. The molecule has 156 valence electrons. The first-order chi connectivity index (χ1) is 13.8. The molecule has 0 saturated carbocycles. The largest absolute Gasteiger partial charge is 0.444 e. The van der Waals surface area contributed by atoms with E-state index in [0.717, 1.165) is 11.1 Å². The van der Waals surface area contributed by atoms with Crippen molar-refractivity contribution in [3.8, 4) is 0 Å². The van der Waals surface area contributed by atoms with Gasteiger partial charge in [-0.2, -0.15) is 0 Å². The Morgan fingerprint density at radius 1 is 0.897 bits per heavy atom. The van der Waals surface area contributed by atoms with Gasteiger partial charge in [0, 0.05) is 0 Å². The average molecular weight is 400 g/mol. The van der Waals surface area contributed by atoms with Crippen molar-refractivity contribution in [1.82, 2.24) is 10.8 Å². The zero-order chi connectivity index (χ0) is 21.1. The summed E-state index contributed by atoms with van der Waals surface area (Å²) in [5.41, 5.74) is 3.55. The molecule has 2 rings (SSSR count). The van der Waals surface area contributed by atoms with E-state index in [4.69, 9.17) is 14.3 Å². The molecule has 0 fully saturated rings. The molecule has 2 aromatic rings. The number of nitrogens with one attached hydrogen (secondary N) is 2. The van der Waals surface area contributed by atoms with Crippen LogP contribution in [0.1, 0.15) is 31.9 Å². The normalized spacial score (nSPS) is 12.1. The lowest BCUT2D eigenvalue weighted by Gasteiger charge is -2.23. The fourth-order valence-electron chi connectivity index (χ4n) is 2.34. The molecule has 0 spiro atoms. The van der Waals surface area contributed by atoms with Crippen molar-refractivity contribution >= 4 is 12.0 Å². The minimum Gasteiger partial charge on any atom is -0.444 e. The second-order valence-electron chi connectivity index (χ2n) is 7.44. The van der Waals surface area contributed by atoms with E-state index in [1.165, 1.54) is 0 Å². The Bertz CT molecular complexity index is 760. The van der Waals surface area contributed by atoms with E-state index in [-0.39, 0.29) is 13.2 Å². The van der Waals surface area contributed by atoms with Gasteiger partial charge in [-0.25, -0.2) is 10.3 Å². The van der Waals surface area contributed by atoms with Gasteiger partial charge in [-0.15, -0.1) is 0 Å². The molecular formula is C22H28N2O5. The molecule has 0 unspecified atom stereocenters. The van der Waals surface area contributed by atoms with Crippen molar-refractivity contribution in [3.05, 3.63) is 71.8 Å². The quantitative estimate of drug-likeness (QED) is 0.631. The predicted octanol–water partition coefficient (Wildman–Crippen LogP) is 3.34. The maximum Gasteiger partial charge on any atom is 0.408 e. The van der Waals surface area contributed by atoms with Gasteiger partial charge in [-0.1, -0.05) is 60.7 Å². The lowest BCUT2D eigenvalue weighted by atomic mass is 10.2. The summed E-state index contributed by atoms with van der Waals surface area (Å²) in [5, 5.41) is 2.53. The molecule has 0 aliphatic heterocycles. The highest BCUT2D eigenvalue weighted by Crippen LogP contribution is 2.07. The summed E-state index contributed by atoms with van der Waals surface area (Å²) >= 11 is 0. The monoisotopic (exact) mass is 400 g/mol. The third-order valence-electron chi connectivity index (χ3n) is 3.66. The Labute approximate surface area is 171 Å². The minimum atomic E-state index is -0.968. The lowest BCUT2D eigenvalue weighted by Crippen LogP contribution is -2.50. The van der Waals surface area contributed by atoms with Gasteiger partial charge < -0.3 is 14.8 Å². The fourth-order valence-corrected chi connectivity index (χ4v) is 2.34. The van der Waals surface area contributed by atoms with Crippen molar-refractivity contribution in [3.63, 3.8) is 0 Å². The number of carbonyl (C=O) groups excluding carboxylic acids is 2.